The first kappa shape index (κ1) is 17.6. The third kappa shape index (κ3) is 5.86. The molecule has 0 saturated carbocycles. The lowest BCUT2D eigenvalue weighted by Gasteiger charge is -2.18. The van der Waals surface area contributed by atoms with E-state index >= 15 is 0 Å². The number of hydrogen-bond donors (Lipinski definition) is 4. The Hall–Kier alpha value is -1.38. The van der Waals surface area contributed by atoms with Crippen molar-refractivity contribution in [3.8, 4) is 0 Å². The van der Waals surface area contributed by atoms with Crippen LogP contribution in [0.4, 0.5) is 0 Å². The summed E-state index contributed by atoms with van der Waals surface area (Å²) in [6, 6.07) is 0. The minimum atomic E-state index is -1.67. The van der Waals surface area contributed by atoms with Gasteiger partial charge in [-0.1, -0.05) is 13.2 Å². The van der Waals surface area contributed by atoms with Crippen molar-refractivity contribution in [3.63, 3.8) is 0 Å². The van der Waals surface area contributed by atoms with Gasteiger partial charge in [0.15, 0.2) is 11.6 Å². The summed E-state index contributed by atoms with van der Waals surface area (Å²) in [4.78, 5) is 21.9. The lowest BCUT2D eigenvalue weighted by Crippen LogP contribution is -2.39. The van der Waals surface area contributed by atoms with Crippen molar-refractivity contribution < 1.29 is 34.8 Å². The minimum Gasteiger partial charge on any atom is -0.388 e. The van der Waals surface area contributed by atoms with Crippen LogP contribution in [0.15, 0.2) is 25.3 Å². The summed E-state index contributed by atoms with van der Waals surface area (Å²) < 4.78 is 4.80. The van der Waals surface area contributed by atoms with Crippen LogP contribution in [0, 0.1) is 0 Å². The van der Waals surface area contributed by atoms with E-state index in [9.17, 15) is 30.0 Å². The summed E-state index contributed by atoms with van der Waals surface area (Å²) in [6.45, 7) is 5.38. The molecule has 7 nitrogen and oxygen atoms in total. The summed E-state index contributed by atoms with van der Waals surface area (Å²) in [5, 5.41) is 37.2. The van der Waals surface area contributed by atoms with Crippen molar-refractivity contribution in [2.75, 3.05) is 13.2 Å². The van der Waals surface area contributed by atoms with E-state index in [0.29, 0.717) is 0 Å². The summed E-state index contributed by atoms with van der Waals surface area (Å²) in [5.41, 5.74) is 0. The molecule has 4 N–H and O–H groups in total. The smallest absolute Gasteiger partial charge is 0.186 e. The van der Waals surface area contributed by atoms with Gasteiger partial charge >= 0.3 is 0 Å². The summed E-state index contributed by atoms with van der Waals surface area (Å²) >= 11 is 0. The Bertz CT molecular complexity index is 307. The molecule has 0 fully saturated rings. The molecule has 0 aliphatic carbocycles. The van der Waals surface area contributed by atoms with Gasteiger partial charge in [-0.25, -0.2) is 0 Å². The molecule has 0 aromatic rings. The monoisotopic (exact) mass is 274 g/mol. The fourth-order valence-corrected chi connectivity index (χ4v) is 1.11. The highest BCUT2D eigenvalue weighted by Gasteiger charge is 2.25. The molecule has 0 aliphatic heterocycles. The first-order valence-electron chi connectivity index (χ1n) is 5.47. The molecule has 0 radical (unpaired) electrons. The Balaban J connectivity index is 4.09. The van der Waals surface area contributed by atoms with Crippen LogP contribution < -0.4 is 0 Å². The van der Waals surface area contributed by atoms with Gasteiger partial charge in [0.1, 0.15) is 24.4 Å². The van der Waals surface area contributed by atoms with Gasteiger partial charge in [0.25, 0.3) is 0 Å². The van der Waals surface area contributed by atoms with E-state index in [4.69, 9.17) is 4.74 Å². The van der Waals surface area contributed by atoms with Crippen LogP contribution in [0.25, 0.3) is 0 Å². The predicted octanol–water partition coefficient (Wildman–Crippen LogP) is -2.04. The minimum absolute atomic E-state index is 0.452. The van der Waals surface area contributed by atoms with Gasteiger partial charge in [-0.05, 0) is 12.2 Å². The fourth-order valence-electron chi connectivity index (χ4n) is 1.11. The van der Waals surface area contributed by atoms with Crippen LogP contribution in [0.2, 0.25) is 0 Å². The second-order valence-corrected chi connectivity index (χ2v) is 3.77. The Kier molecular flexibility index (Phi) is 8.05. The van der Waals surface area contributed by atoms with Crippen molar-refractivity contribution in [2.45, 2.75) is 24.4 Å². The van der Waals surface area contributed by atoms with Crippen LogP contribution in [0.5, 0.6) is 0 Å². The number of aliphatic hydroxyl groups is 4. The molecular weight excluding hydrogens is 256 g/mol. The molecule has 4 atom stereocenters. The molecule has 0 bridgehead atoms. The largest absolute Gasteiger partial charge is 0.388 e. The summed E-state index contributed by atoms with van der Waals surface area (Å²) in [7, 11) is 0. The van der Waals surface area contributed by atoms with Crippen LogP contribution in [-0.4, -0.2) is 69.6 Å². The molecule has 0 heterocycles. The van der Waals surface area contributed by atoms with E-state index in [-0.39, 0.29) is 0 Å². The van der Waals surface area contributed by atoms with Crippen LogP contribution in [0.3, 0.4) is 0 Å². The number of carbonyl (C=O) groups excluding carboxylic acids is 2. The van der Waals surface area contributed by atoms with Gasteiger partial charge in [0.05, 0.1) is 13.2 Å². The molecule has 0 rings (SSSR count). The lowest BCUT2D eigenvalue weighted by atomic mass is 10.1. The topological polar surface area (TPSA) is 124 Å². The van der Waals surface area contributed by atoms with E-state index in [1.165, 1.54) is 0 Å². The van der Waals surface area contributed by atoms with E-state index < -0.39 is 49.2 Å². The van der Waals surface area contributed by atoms with Crippen molar-refractivity contribution in [3.05, 3.63) is 25.3 Å². The number of aliphatic hydroxyl groups excluding tert-OH is 4. The lowest BCUT2D eigenvalue weighted by molar-refractivity contribution is -0.135. The summed E-state index contributed by atoms with van der Waals surface area (Å²) in [5.74, 6) is -1.53. The van der Waals surface area contributed by atoms with Gasteiger partial charge in [-0.15, -0.1) is 0 Å². The van der Waals surface area contributed by atoms with Gasteiger partial charge in [-0.3, -0.25) is 9.59 Å². The van der Waals surface area contributed by atoms with Crippen LogP contribution in [-0.2, 0) is 14.3 Å². The Labute approximate surface area is 110 Å². The van der Waals surface area contributed by atoms with Crippen LogP contribution in [0.1, 0.15) is 0 Å². The highest BCUT2D eigenvalue weighted by Crippen LogP contribution is 2.01. The molecule has 7 heteroatoms. The van der Waals surface area contributed by atoms with Gasteiger partial charge < -0.3 is 25.2 Å². The Morgan fingerprint density at radius 2 is 1.21 bits per heavy atom. The molecule has 4 unspecified atom stereocenters. The zero-order valence-electron chi connectivity index (χ0n) is 10.3. The number of hydrogen-bond acceptors (Lipinski definition) is 7. The molecule has 19 heavy (non-hydrogen) atoms. The van der Waals surface area contributed by atoms with Crippen molar-refractivity contribution >= 4 is 11.6 Å². The molecule has 0 aliphatic rings. The molecule has 0 saturated heterocycles. The SMILES string of the molecule is C=CC(=O)C(O)C(O)COCC(O)C(O)C(=O)C=C. The van der Waals surface area contributed by atoms with E-state index in [1.54, 1.807) is 0 Å². The van der Waals surface area contributed by atoms with Crippen molar-refractivity contribution in [1.29, 1.82) is 0 Å². The predicted molar refractivity (Wildman–Crippen MR) is 65.3 cm³/mol. The zero-order chi connectivity index (χ0) is 15.0. The molecular formula is C12H18O7. The van der Waals surface area contributed by atoms with Gasteiger partial charge in [-0.2, -0.15) is 0 Å². The Morgan fingerprint density at radius 3 is 1.47 bits per heavy atom. The second kappa shape index (κ2) is 8.68. The number of carbonyl (C=O) groups is 2. The molecule has 0 spiro atoms. The highest BCUT2D eigenvalue weighted by molar-refractivity contribution is 5.93. The maximum Gasteiger partial charge on any atom is 0.186 e. The highest BCUT2D eigenvalue weighted by atomic mass is 16.5. The van der Waals surface area contributed by atoms with E-state index in [0.717, 1.165) is 12.2 Å². The first-order valence-corrected chi connectivity index (χ1v) is 5.47. The normalized spacial score (nSPS) is 17.1. The Morgan fingerprint density at radius 1 is 0.895 bits per heavy atom. The van der Waals surface area contributed by atoms with E-state index in [1.807, 2.05) is 0 Å². The second-order valence-electron chi connectivity index (χ2n) is 3.77. The fraction of sp³-hybridized carbons (Fsp3) is 0.500. The third-order valence-electron chi connectivity index (χ3n) is 2.29. The third-order valence-corrected chi connectivity index (χ3v) is 2.29. The average molecular weight is 274 g/mol. The first-order chi connectivity index (χ1) is 8.84. The zero-order valence-corrected chi connectivity index (χ0v) is 10.3. The number of ether oxygens (including phenoxy) is 1. The maximum atomic E-state index is 11.0. The standard InChI is InChI=1S/C12H18O7/c1-3-7(13)11(17)9(15)5-19-6-10(16)12(18)8(14)4-2/h3-4,9-12,15-18H,1-2,5-6H2. The average Bonchev–Trinajstić information content (AvgIpc) is 2.43. The van der Waals surface area contributed by atoms with Crippen molar-refractivity contribution in [1.82, 2.24) is 0 Å². The maximum absolute atomic E-state index is 11.0. The number of ketones is 2. The summed E-state index contributed by atoms with van der Waals surface area (Å²) in [6.07, 6.45) is -4.62. The molecule has 0 aromatic carbocycles. The van der Waals surface area contributed by atoms with Crippen molar-refractivity contribution in [2.24, 2.45) is 0 Å². The number of rotatable bonds is 10. The van der Waals surface area contributed by atoms with Gasteiger partial charge in [0.2, 0.25) is 0 Å². The van der Waals surface area contributed by atoms with Crippen LogP contribution >= 0.6 is 0 Å². The van der Waals surface area contributed by atoms with Gasteiger partial charge in [0, 0.05) is 0 Å². The molecule has 0 aromatic heterocycles. The quantitative estimate of drug-likeness (QED) is 0.338. The molecule has 0 amide bonds. The molecule has 108 valence electrons. The van der Waals surface area contributed by atoms with E-state index in [2.05, 4.69) is 13.2 Å².